The Kier molecular flexibility index (Phi) is 6.51. The monoisotopic (exact) mass is 461 g/mol. The van der Waals surface area contributed by atoms with Gasteiger partial charge >= 0.3 is 0 Å². The first-order valence-corrected chi connectivity index (χ1v) is 11.7. The molecule has 1 aliphatic rings. The second-order valence-corrected chi connectivity index (χ2v) is 9.90. The number of anilines is 1. The van der Waals surface area contributed by atoms with Crippen molar-refractivity contribution in [2.75, 3.05) is 11.9 Å². The molecule has 1 aliphatic heterocycles. The summed E-state index contributed by atoms with van der Waals surface area (Å²) in [5.41, 5.74) is 3.97. The van der Waals surface area contributed by atoms with Crippen molar-refractivity contribution in [3.8, 4) is 0 Å². The molecule has 1 saturated heterocycles. The van der Waals surface area contributed by atoms with Gasteiger partial charge in [-0.25, -0.2) is 0 Å². The van der Waals surface area contributed by atoms with Gasteiger partial charge in [-0.05, 0) is 81.4 Å². The first-order valence-electron chi connectivity index (χ1n) is 11.3. The number of benzene rings is 1. The Morgan fingerprint density at radius 2 is 2.00 bits per heavy atom. The maximum absolute atomic E-state index is 12.7. The van der Waals surface area contributed by atoms with Crippen LogP contribution in [0.4, 0.5) is 5.69 Å². The highest BCUT2D eigenvalue weighted by Crippen LogP contribution is 2.39. The Labute approximate surface area is 201 Å². The first kappa shape index (κ1) is 23.0. The number of thiocarbonyl (C=S) groups is 1. The number of carbonyl (C=O) groups excluding carboxylic acids is 1. The fourth-order valence-corrected chi connectivity index (χ4v) is 4.52. The van der Waals surface area contributed by atoms with Gasteiger partial charge in [-0.1, -0.05) is 18.2 Å². The minimum atomic E-state index is -0.0886. The van der Waals surface area contributed by atoms with Gasteiger partial charge in [-0.2, -0.15) is 0 Å². The zero-order valence-corrected chi connectivity index (χ0v) is 20.4. The fourth-order valence-electron chi connectivity index (χ4n) is 4.18. The lowest BCUT2D eigenvalue weighted by Gasteiger charge is -2.27. The number of rotatable bonds is 6. The van der Waals surface area contributed by atoms with E-state index in [1.807, 2.05) is 49.4 Å². The molecule has 0 unspecified atom stereocenters. The van der Waals surface area contributed by atoms with Crippen LogP contribution in [0.1, 0.15) is 56.1 Å². The number of hydrogen-bond acceptors (Lipinski definition) is 3. The normalized spacial score (nSPS) is 18.3. The predicted molar refractivity (Wildman–Crippen MR) is 136 cm³/mol. The Hall–Kier alpha value is -3.19. The molecule has 2 atom stereocenters. The van der Waals surface area contributed by atoms with Gasteiger partial charge in [0, 0.05) is 42.8 Å². The highest BCUT2D eigenvalue weighted by atomic mass is 32.1. The average Bonchev–Trinajstić information content (AvgIpc) is 3.37. The molecule has 0 bridgehead atoms. The molecule has 0 aliphatic carbocycles. The van der Waals surface area contributed by atoms with E-state index in [4.69, 9.17) is 12.2 Å². The summed E-state index contributed by atoms with van der Waals surface area (Å²) in [4.78, 5) is 19.4. The molecule has 4 rings (SSSR count). The van der Waals surface area contributed by atoms with E-state index in [9.17, 15) is 4.79 Å². The summed E-state index contributed by atoms with van der Waals surface area (Å²) in [6, 6.07) is 15.7. The topological polar surface area (TPSA) is 62.2 Å². The van der Waals surface area contributed by atoms with Crippen molar-refractivity contribution in [3.63, 3.8) is 0 Å². The highest BCUT2D eigenvalue weighted by molar-refractivity contribution is 7.80. The summed E-state index contributed by atoms with van der Waals surface area (Å²) in [6.45, 7) is 9.06. The van der Waals surface area contributed by atoms with Crippen LogP contribution in [-0.4, -0.2) is 32.0 Å². The van der Waals surface area contributed by atoms with Crippen LogP contribution >= 0.6 is 12.2 Å². The predicted octanol–water partition coefficient (Wildman–Crippen LogP) is 4.95. The minimum Gasteiger partial charge on any atom is -0.352 e. The second-order valence-electron chi connectivity index (χ2n) is 9.51. The van der Waals surface area contributed by atoms with Gasteiger partial charge in [0.25, 0.3) is 0 Å². The van der Waals surface area contributed by atoms with E-state index in [1.165, 1.54) is 0 Å². The SMILES string of the molecule is Cc1cccc(NC(=O)CCN2C(=S)N[C@H](c3ccccn3)[C@@H]2c2ccn(C(C)(C)C)c2)c1. The maximum Gasteiger partial charge on any atom is 0.226 e. The van der Waals surface area contributed by atoms with Crippen LogP contribution in [0.3, 0.4) is 0 Å². The zero-order valence-electron chi connectivity index (χ0n) is 19.6. The lowest BCUT2D eigenvalue weighted by atomic mass is 9.99. The summed E-state index contributed by atoms with van der Waals surface area (Å²) < 4.78 is 2.21. The van der Waals surface area contributed by atoms with Crippen LogP contribution in [0.5, 0.6) is 0 Å². The Morgan fingerprint density at radius 3 is 2.67 bits per heavy atom. The van der Waals surface area contributed by atoms with E-state index in [2.05, 4.69) is 64.3 Å². The molecule has 1 aromatic carbocycles. The Bertz CT molecular complexity index is 1130. The molecule has 1 amide bonds. The van der Waals surface area contributed by atoms with Crippen LogP contribution in [-0.2, 0) is 10.3 Å². The minimum absolute atomic E-state index is 0.0240. The number of pyridine rings is 1. The van der Waals surface area contributed by atoms with E-state index < -0.39 is 0 Å². The molecule has 3 aromatic rings. The van der Waals surface area contributed by atoms with Crippen molar-refractivity contribution in [2.45, 2.75) is 51.7 Å². The van der Waals surface area contributed by atoms with E-state index in [0.717, 1.165) is 22.5 Å². The van der Waals surface area contributed by atoms with Crippen LogP contribution in [0.2, 0.25) is 0 Å². The maximum atomic E-state index is 12.7. The van der Waals surface area contributed by atoms with Crippen LogP contribution < -0.4 is 10.6 Å². The smallest absolute Gasteiger partial charge is 0.226 e. The van der Waals surface area contributed by atoms with Gasteiger partial charge in [-0.15, -0.1) is 0 Å². The van der Waals surface area contributed by atoms with Gasteiger partial charge in [0.05, 0.1) is 17.8 Å². The molecular formula is C26H31N5OS. The fraction of sp³-hybridized carbons (Fsp3) is 0.346. The molecule has 1 fully saturated rings. The van der Waals surface area contributed by atoms with E-state index in [1.54, 1.807) is 6.20 Å². The molecule has 0 spiro atoms. The van der Waals surface area contributed by atoms with Crippen molar-refractivity contribution < 1.29 is 4.79 Å². The van der Waals surface area contributed by atoms with Crippen molar-refractivity contribution >= 4 is 28.9 Å². The molecule has 0 radical (unpaired) electrons. The third-order valence-corrected chi connectivity index (χ3v) is 6.26. The van der Waals surface area contributed by atoms with Crippen LogP contribution in [0, 0.1) is 6.92 Å². The number of amides is 1. The van der Waals surface area contributed by atoms with E-state index in [-0.39, 0.29) is 23.5 Å². The number of carbonyl (C=O) groups is 1. The number of nitrogens with zero attached hydrogens (tertiary/aromatic N) is 3. The van der Waals surface area contributed by atoms with Gasteiger partial charge in [-0.3, -0.25) is 9.78 Å². The summed E-state index contributed by atoms with van der Waals surface area (Å²) in [5, 5.41) is 7.09. The molecule has 0 saturated carbocycles. The van der Waals surface area contributed by atoms with Gasteiger partial charge in [0.1, 0.15) is 0 Å². The van der Waals surface area contributed by atoms with Crippen molar-refractivity contribution in [1.82, 2.24) is 19.8 Å². The van der Waals surface area contributed by atoms with E-state index in [0.29, 0.717) is 18.1 Å². The molecule has 3 heterocycles. The summed E-state index contributed by atoms with van der Waals surface area (Å²) in [7, 11) is 0. The standard InChI is InChI=1S/C26H31N5OS/c1-18-8-7-9-20(16-18)28-22(32)12-15-31-24(19-11-14-30(17-19)26(2,3)4)23(29-25(31)33)21-10-5-6-13-27-21/h5-11,13-14,16-17,23-24H,12,15H2,1-4H3,(H,28,32)(H,29,33)/t23-,24+/m1/s1. The highest BCUT2D eigenvalue weighted by Gasteiger charge is 2.40. The average molecular weight is 462 g/mol. The number of nitrogens with one attached hydrogen (secondary N) is 2. The molecule has 2 N–H and O–H groups in total. The molecule has 33 heavy (non-hydrogen) atoms. The molecule has 172 valence electrons. The molecule has 7 heteroatoms. The third kappa shape index (κ3) is 5.25. The number of aromatic nitrogens is 2. The van der Waals surface area contributed by atoms with E-state index >= 15 is 0 Å². The molecule has 2 aromatic heterocycles. The number of hydrogen-bond donors (Lipinski definition) is 2. The Balaban J connectivity index is 1.56. The van der Waals surface area contributed by atoms with Gasteiger partial charge in [0.2, 0.25) is 5.91 Å². The van der Waals surface area contributed by atoms with Crippen LogP contribution in [0.25, 0.3) is 0 Å². The van der Waals surface area contributed by atoms with Gasteiger partial charge < -0.3 is 20.1 Å². The largest absolute Gasteiger partial charge is 0.352 e. The quantitative estimate of drug-likeness (QED) is 0.509. The lowest BCUT2D eigenvalue weighted by Crippen LogP contribution is -2.32. The third-order valence-electron chi connectivity index (χ3n) is 5.91. The van der Waals surface area contributed by atoms with Gasteiger partial charge in [0.15, 0.2) is 5.11 Å². The van der Waals surface area contributed by atoms with Crippen molar-refractivity contribution in [3.05, 3.63) is 83.9 Å². The van der Waals surface area contributed by atoms with Crippen molar-refractivity contribution in [1.29, 1.82) is 0 Å². The Morgan fingerprint density at radius 1 is 1.18 bits per heavy atom. The zero-order chi connectivity index (χ0) is 23.6. The van der Waals surface area contributed by atoms with Crippen molar-refractivity contribution in [2.24, 2.45) is 0 Å². The summed E-state index contributed by atoms with van der Waals surface area (Å²) >= 11 is 5.72. The lowest BCUT2D eigenvalue weighted by molar-refractivity contribution is -0.116. The number of aryl methyl sites for hydroxylation is 1. The molecule has 6 nitrogen and oxygen atoms in total. The summed E-state index contributed by atoms with van der Waals surface area (Å²) in [6.07, 6.45) is 6.42. The first-order chi connectivity index (χ1) is 15.7. The molecular weight excluding hydrogens is 430 g/mol. The second kappa shape index (κ2) is 9.35. The van der Waals surface area contributed by atoms with Crippen LogP contribution in [0.15, 0.2) is 67.1 Å². The summed E-state index contributed by atoms with van der Waals surface area (Å²) in [5.74, 6) is -0.0318.